The predicted molar refractivity (Wildman–Crippen MR) is 69.7 cm³/mol. The van der Waals surface area contributed by atoms with Crippen molar-refractivity contribution in [3.05, 3.63) is 0 Å². The molecular formula is C14H28N2. The maximum Gasteiger partial charge on any atom is 0.0227 e. The summed E-state index contributed by atoms with van der Waals surface area (Å²) in [5.74, 6) is 0.855. The third-order valence-electron chi connectivity index (χ3n) is 4.21. The highest BCUT2D eigenvalue weighted by Crippen LogP contribution is 2.30. The van der Waals surface area contributed by atoms with E-state index in [9.17, 15) is 0 Å². The minimum Gasteiger partial charge on any atom is -0.300 e. The molecule has 0 amide bonds. The van der Waals surface area contributed by atoms with Gasteiger partial charge in [0.1, 0.15) is 0 Å². The van der Waals surface area contributed by atoms with E-state index in [0.29, 0.717) is 0 Å². The number of hydrogen-bond donors (Lipinski definition) is 0. The Labute approximate surface area is 101 Å². The zero-order valence-electron chi connectivity index (χ0n) is 11.3. The Hall–Kier alpha value is -0.0800. The second-order valence-electron chi connectivity index (χ2n) is 6.06. The quantitative estimate of drug-likeness (QED) is 0.708. The van der Waals surface area contributed by atoms with E-state index in [1.807, 2.05) is 0 Å². The molecule has 0 radical (unpaired) electrons. The minimum atomic E-state index is 0.855. The van der Waals surface area contributed by atoms with Gasteiger partial charge in [0.25, 0.3) is 0 Å². The largest absolute Gasteiger partial charge is 0.300 e. The van der Waals surface area contributed by atoms with Gasteiger partial charge >= 0.3 is 0 Å². The molecular weight excluding hydrogens is 196 g/mol. The number of piperazine rings is 1. The fourth-order valence-electron chi connectivity index (χ4n) is 3.35. The third kappa shape index (κ3) is 2.78. The zero-order valence-corrected chi connectivity index (χ0v) is 11.3. The summed E-state index contributed by atoms with van der Waals surface area (Å²) in [4.78, 5) is 5.50. The summed E-state index contributed by atoms with van der Waals surface area (Å²) in [6.07, 6.45) is 5.58. The molecule has 0 saturated carbocycles. The Morgan fingerprint density at radius 3 is 2.19 bits per heavy atom. The molecule has 2 nitrogen and oxygen atoms in total. The van der Waals surface area contributed by atoms with Gasteiger partial charge in [0.05, 0.1) is 0 Å². The lowest BCUT2D eigenvalue weighted by molar-refractivity contribution is 0.0636. The van der Waals surface area contributed by atoms with Crippen molar-refractivity contribution < 1.29 is 0 Å². The second-order valence-corrected chi connectivity index (χ2v) is 6.06. The summed E-state index contributed by atoms with van der Waals surface area (Å²) in [5, 5.41) is 0. The highest BCUT2D eigenvalue weighted by molar-refractivity contribution is 4.95. The first-order chi connectivity index (χ1) is 7.70. The van der Waals surface area contributed by atoms with Crippen LogP contribution >= 0.6 is 0 Å². The fraction of sp³-hybridized carbons (Fsp3) is 1.00. The van der Waals surface area contributed by atoms with Gasteiger partial charge in [0.15, 0.2) is 0 Å². The molecule has 0 aromatic carbocycles. The summed E-state index contributed by atoms with van der Waals surface area (Å²) in [6, 6.07) is 1.76. The third-order valence-corrected chi connectivity index (χ3v) is 4.21. The lowest BCUT2D eigenvalue weighted by Gasteiger charge is -2.41. The molecule has 2 saturated heterocycles. The number of fused-ring (bicyclic) bond motifs is 2. The zero-order chi connectivity index (χ0) is 11.5. The van der Waals surface area contributed by atoms with Gasteiger partial charge in [0, 0.05) is 25.2 Å². The van der Waals surface area contributed by atoms with Crippen molar-refractivity contribution in [2.45, 2.75) is 58.5 Å². The van der Waals surface area contributed by atoms with Crippen LogP contribution in [0.5, 0.6) is 0 Å². The summed E-state index contributed by atoms with van der Waals surface area (Å²) in [6.45, 7) is 12.3. The van der Waals surface area contributed by atoms with Crippen molar-refractivity contribution >= 4 is 0 Å². The van der Waals surface area contributed by atoms with Gasteiger partial charge in [-0.15, -0.1) is 0 Å². The number of likely N-dealkylation sites (tertiary alicyclic amines) is 1. The van der Waals surface area contributed by atoms with Crippen LogP contribution in [0.25, 0.3) is 0 Å². The highest BCUT2D eigenvalue weighted by Gasteiger charge is 2.38. The molecule has 1 unspecified atom stereocenters. The predicted octanol–water partition coefficient (Wildman–Crippen LogP) is 2.59. The van der Waals surface area contributed by atoms with Gasteiger partial charge in [-0.2, -0.15) is 0 Å². The van der Waals surface area contributed by atoms with Gasteiger partial charge < -0.3 is 4.90 Å². The maximum absolute atomic E-state index is 2.81. The van der Waals surface area contributed by atoms with Gasteiger partial charge in [0.2, 0.25) is 0 Å². The van der Waals surface area contributed by atoms with E-state index in [2.05, 4.69) is 30.6 Å². The van der Waals surface area contributed by atoms with Crippen molar-refractivity contribution in [2.24, 2.45) is 5.92 Å². The van der Waals surface area contributed by atoms with Crippen molar-refractivity contribution in [3.8, 4) is 0 Å². The van der Waals surface area contributed by atoms with Crippen molar-refractivity contribution in [3.63, 3.8) is 0 Å². The van der Waals surface area contributed by atoms with E-state index < -0.39 is 0 Å². The summed E-state index contributed by atoms with van der Waals surface area (Å²) < 4.78 is 0. The van der Waals surface area contributed by atoms with Gasteiger partial charge in [-0.1, -0.05) is 20.8 Å². The molecule has 0 aromatic rings. The molecule has 0 aliphatic carbocycles. The van der Waals surface area contributed by atoms with Crippen LogP contribution in [0.2, 0.25) is 0 Å². The Morgan fingerprint density at radius 1 is 1.06 bits per heavy atom. The Morgan fingerprint density at radius 2 is 1.69 bits per heavy atom. The van der Waals surface area contributed by atoms with Crippen molar-refractivity contribution in [1.82, 2.24) is 9.80 Å². The average Bonchev–Trinajstić information content (AvgIpc) is 2.46. The molecule has 0 spiro atoms. The molecule has 2 fully saturated rings. The van der Waals surface area contributed by atoms with Crippen LogP contribution in [0.4, 0.5) is 0 Å². The molecule has 2 aliphatic rings. The molecule has 2 bridgehead atoms. The van der Waals surface area contributed by atoms with Crippen LogP contribution in [0.3, 0.4) is 0 Å². The molecule has 0 aromatic heterocycles. The topological polar surface area (TPSA) is 6.48 Å². The second kappa shape index (κ2) is 5.50. The van der Waals surface area contributed by atoms with E-state index >= 15 is 0 Å². The van der Waals surface area contributed by atoms with Gasteiger partial charge in [-0.05, 0) is 44.7 Å². The Kier molecular flexibility index (Phi) is 4.26. The Balaban J connectivity index is 1.84. The smallest absolute Gasteiger partial charge is 0.0227 e. The normalized spacial score (nSPS) is 31.5. The van der Waals surface area contributed by atoms with Crippen LogP contribution < -0.4 is 0 Å². The standard InChI is InChI=1S/C14H28N2/c1-4-8-15-10-13-5-6-14(11-15)16(13)9-7-12(2)3/h12-14H,4-11H2,1-3H3/t13-,14?/m0/s1. The van der Waals surface area contributed by atoms with Crippen LogP contribution in [0, 0.1) is 5.92 Å². The SMILES string of the molecule is CCCN1CC2CC[C@@H](C1)N2CCC(C)C. The highest BCUT2D eigenvalue weighted by atomic mass is 15.3. The maximum atomic E-state index is 2.81. The number of nitrogens with zero attached hydrogens (tertiary/aromatic N) is 2. The average molecular weight is 224 g/mol. The van der Waals surface area contributed by atoms with E-state index in [-0.39, 0.29) is 0 Å². The number of rotatable bonds is 5. The monoisotopic (exact) mass is 224 g/mol. The first-order valence-corrected chi connectivity index (χ1v) is 7.18. The lowest BCUT2D eigenvalue weighted by Crippen LogP contribution is -2.54. The van der Waals surface area contributed by atoms with Crippen LogP contribution in [0.15, 0.2) is 0 Å². The lowest BCUT2D eigenvalue weighted by atomic mass is 10.1. The molecule has 2 heterocycles. The van der Waals surface area contributed by atoms with Gasteiger partial charge in [-0.3, -0.25) is 4.90 Å². The molecule has 94 valence electrons. The van der Waals surface area contributed by atoms with Crippen LogP contribution in [0.1, 0.15) is 46.5 Å². The summed E-state index contributed by atoms with van der Waals surface area (Å²) >= 11 is 0. The molecule has 2 rings (SSSR count). The van der Waals surface area contributed by atoms with E-state index in [4.69, 9.17) is 0 Å². The van der Waals surface area contributed by atoms with Crippen LogP contribution in [-0.2, 0) is 0 Å². The first-order valence-electron chi connectivity index (χ1n) is 7.18. The molecule has 2 heteroatoms. The van der Waals surface area contributed by atoms with E-state index in [1.165, 1.54) is 51.9 Å². The molecule has 2 atom stereocenters. The first kappa shape index (κ1) is 12.4. The Bertz CT molecular complexity index is 201. The van der Waals surface area contributed by atoms with Crippen molar-refractivity contribution in [2.75, 3.05) is 26.2 Å². The summed E-state index contributed by atoms with van der Waals surface area (Å²) in [5.41, 5.74) is 0. The number of hydrogen-bond acceptors (Lipinski definition) is 2. The van der Waals surface area contributed by atoms with E-state index in [1.54, 1.807) is 0 Å². The molecule has 16 heavy (non-hydrogen) atoms. The van der Waals surface area contributed by atoms with Crippen LogP contribution in [-0.4, -0.2) is 48.1 Å². The van der Waals surface area contributed by atoms with Gasteiger partial charge in [-0.25, -0.2) is 0 Å². The molecule has 2 aliphatic heterocycles. The fourth-order valence-corrected chi connectivity index (χ4v) is 3.35. The minimum absolute atomic E-state index is 0.855. The van der Waals surface area contributed by atoms with E-state index in [0.717, 1.165) is 18.0 Å². The summed E-state index contributed by atoms with van der Waals surface area (Å²) in [7, 11) is 0. The van der Waals surface area contributed by atoms with Crippen molar-refractivity contribution in [1.29, 1.82) is 0 Å². The molecule has 0 N–H and O–H groups in total.